The van der Waals surface area contributed by atoms with Crippen LogP contribution in [0.5, 0.6) is 0 Å². The molecule has 6 rings (SSSR count). The molecule has 0 bridgehead atoms. The minimum Gasteiger partial charge on any atom is -0.381 e. The van der Waals surface area contributed by atoms with Crippen LogP contribution in [0.4, 0.5) is 24.5 Å². The van der Waals surface area contributed by atoms with Crippen molar-refractivity contribution in [1.82, 2.24) is 15.5 Å². The average molecular weight is 692 g/mol. The fourth-order valence-electron chi connectivity index (χ4n) is 8.44. The SMILES string of the molecule is CCN(c1cc(-c2ccc3c(c2)N(C)CC32CCN(CC(F)(F)F)CC2)cc(C(=O)NCC2=C(C)C=C(C)NC2=C=O)c1C)C1CCOCC1. The maximum Gasteiger partial charge on any atom is 0.401 e. The molecule has 2 N–H and O–H groups in total. The fourth-order valence-corrected chi connectivity index (χ4v) is 8.44. The third-order valence-corrected chi connectivity index (χ3v) is 11.0. The van der Waals surface area contributed by atoms with Gasteiger partial charge < -0.3 is 25.2 Å². The van der Waals surface area contributed by atoms with E-state index in [1.807, 2.05) is 38.9 Å². The Labute approximate surface area is 293 Å². The molecular weight excluding hydrogens is 643 g/mol. The molecule has 2 aromatic rings. The van der Waals surface area contributed by atoms with Crippen molar-refractivity contribution in [3.8, 4) is 11.1 Å². The summed E-state index contributed by atoms with van der Waals surface area (Å²) in [6, 6.07) is 10.8. The van der Waals surface area contributed by atoms with Crippen LogP contribution in [0.3, 0.4) is 0 Å². The predicted octanol–water partition coefficient (Wildman–Crippen LogP) is 6.28. The summed E-state index contributed by atoms with van der Waals surface area (Å²) in [6.07, 6.45) is 0.910. The molecule has 0 aliphatic carbocycles. The van der Waals surface area contributed by atoms with Crippen LogP contribution in [0.1, 0.15) is 67.9 Å². The number of benzene rings is 2. The van der Waals surface area contributed by atoms with E-state index in [4.69, 9.17) is 4.74 Å². The summed E-state index contributed by atoms with van der Waals surface area (Å²) in [5.41, 5.74) is 9.21. The van der Waals surface area contributed by atoms with Crippen molar-refractivity contribution in [2.45, 2.75) is 71.0 Å². The maximum atomic E-state index is 14.1. The van der Waals surface area contributed by atoms with Crippen molar-refractivity contribution in [2.24, 2.45) is 0 Å². The first-order valence-corrected chi connectivity index (χ1v) is 17.7. The molecule has 1 spiro atoms. The Hall–Kier alpha value is -4.05. The monoisotopic (exact) mass is 691 g/mol. The zero-order chi connectivity index (χ0) is 35.8. The number of likely N-dealkylation sites (tertiary alicyclic amines) is 1. The van der Waals surface area contributed by atoms with Gasteiger partial charge in [0, 0.05) is 79.6 Å². The van der Waals surface area contributed by atoms with Gasteiger partial charge in [-0.2, -0.15) is 13.2 Å². The first-order valence-electron chi connectivity index (χ1n) is 17.7. The normalized spacial score (nSPS) is 19.6. The number of rotatable bonds is 8. The number of nitrogens with zero attached hydrogens (tertiary/aromatic N) is 3. The Balaban J connectivity index is 1.34. The summed E-state index contributed by atoms with van der Waals surface area (Å²) in [7, 11) is 2.05. The predicted molar refractivity (Wildman–Crippen MR) is 191 cm³/mol. The van der Waals surface area contributed by atoms with Crippen molar-refractivity contribution in [1.29, 1.82) is 0 Å². The maximum absolute atomic E-state index is 14.1. The van der Waals surface area contributed by atoms with Crippen molar-refractivity contribution in [2.75, 3.05) is 69.3 Å². The Morgan fingerprint density at radius 2 is 1.82 bits per heavy atom. The summed E-state index contributed by atoms with van der Waals surface area (Å²) < 4.78 is 45.0. The first kappa shape index (κ1) is 35.8. The van der Waals surface area contributed by atoms with Crippen molar-refractivity contribution in [3.05, 3.63) is 75.6 Å². The number of dihydropyridines is 1. The van der Waals surface area contributed by atoms with Gasteiger partial charge in [-0.15, -0.1) is 0 Å². The van der Waals surface area contributed by atoms with Crippen LogP contribution >= 0.6 is 0 Å². The molecule has 11 heteroatoms. The molecule has 2 saturated heterocycles. The lowest BCUT2D eigenvalue weighted by Crippen LogP contribution is -2.47. The van der Waals surface area contributed by atoms with Gasteiger partial charge in [0.1, 0.15) is 5.70 Å². The molecule has 0 radical (unpaired) electrons. The minimum atomic E-state index is -4.19. The summed E-state index contributed by atoms with van der Waals surface area (Å²) in [5, 5.41) is 6.13. The smallest absolute Gasteiger partial charge is 0.381 e. The number of piperidine rings is 1. The molecule has 0 aromatic heterocycles. The fraction of sp³-hybridized carbons (Fsp3) is 0.513. The molecule has 268 valence electrons. The number of alkyl halides is 3. The molecule has 1 amide bonds. The number of halogens is 3. The number of nitrogens with one attached hydrogen (secondary N) is 2. The Bertz CT molecular complexity index is 1750. The summed E-state index contributed by atoms with van der Waals surface area (Å²) in [6.45, 7) is 11.0. The second-order valence-electron chi connectivity index (χ2n) is 14.3. The number of ether oxygens (including phenoxy) is 1. The van der Waals surface area contributed by atoms with E-state index in [1.165, 1.54) is 10.5 Å². The molecule has 4 heterocycles. The molecule has 8 nitrogen and oxygen atoms in total. The molecule has 2 fully saturated rings. The highest BCUT2D eigenvalue weighted by molar-refractivity contribution is 5.99. The lowest BCUT2D eigenvalue weighted by atomic mass is 9.74. The molecule has 0 unspecified atom stereocenters. The lowest BCUT2D eigenvalue weighted by molar-refractivity contribution is -0.149. The highest BCUT2D eigenvalue weighted by atomic mass is 19.4. The van der Waals surface area contributed by atoms with Crippen LogP contribution in [0.2, 0.25) is 0 Å². The van der Waals surface area contributed by atoms with Gasteiger partial charge in [0.15, 0.2) is 5.94 Å². The second-order valence-corrected chi connectivity index (χ2v) is 14.3. The van der Waals surface area contributed by atoms with Gasteiger partial charge in [0.2, 0.25) is 0 Å². The summed E-state index contributed by atoms with van der Waals surface area (Å²) >= 11 is 0. The van der Waals surface area contributed by atoms with Gasteiger partial charge in [-0.1, -0.05) is 12.1 Å². The first-order chi connectivity index (χ1) is 23.8. The van der Waals surface area contributed by atoms with E-state index in [-0.39, 0.29) is 23.9 Å². The second kappa shape index (κ2) is 14.3. The van der Waals surface area contributed by atoms with E-state index in [9.17, 15) is 22.8 Å². The van der Waals surface area contributed by atoms with E-state index >= 15 is 0 Å². The Kier molecular flexibility index (Phi) is 10.2. The number of hydrogen-bond donors (Lipinski definition) is 2. The van der Waals surface area contributed by atoms with Crippen LogP contribution in [-0.2, 0) is 14.9 Å². The van der Waals surface area contributed by atoms with Crippen molar-refractivity contribution in [3.63, 3.8) is 0 Å². The van der Waals surface area contributed by atoms with Crippen LogP contribution in [0, 0.1) is 6.92 Å². The molecule has 4 aliphatic rings. The highest BCUT2D eigenvalue weighted by Gasteiger charge is 2.45. The zero-order valence-corrected chi connectivity index (χ0v) is 29.7. The van der Waals surface area contributed by atoms with E-state index in [0.717, 1.165) is 65.3 Å². The number of carbonyl (C=O) groups is 1. The van der Waals surface area contributed by atoms with Gasteiger partial charge in [0.25, 0.3) is 5.91 Å². The lowest BCUT2D eigenvalue weighted by Gasteiger charge is -2.40. The molecular formula is C39H48F3N5O3. The number of fused-ring (bicyclic) bond motifs is 2. The van der Waals surface area contributed by atoms with E-state index < -0.39 is 12.7 Å². The van der Waals surface area contributed by atoms with Crippen molar-refractivity contribution < 1.29 is 27.5 Å². The van der Waals surface area contributed by atoms with E-state index in [0.29, 0.717) is 56.0 Å². The number of hydrogen-bond acceptors (Lipinski definition) is 7. The number of likely N-dealkylation sites (N-methyl/N-ethyl adjacent to an activating group) is 1. The molecule has 2 aromatic carbocycles. The standard InChI is InChI=1S/C39H48F3N5O3/c1-6-47(30-9-15-50-16-10-30)35-20-29(18-31(27(35)4)37(49)43-21-32-25(2)17-26(3)44-34(32)22-48)28-7-8-33-36(19-28)45(5)23-38(33)11-13-46(14-12-38)24-39(40,41)42/h7-8,17-20,30,44H,6,9-16,21,23-24H2,1-5H3,(H,43,49). The quantitative estimate of drug-likeness (QED) is 0.316. The number of carbonyl (C=O) groups excluding carboxylic acids is 2. The van der Waals surface area contributed by atoms with Gasteiger partial charge in [-0.05, 0) is 119 Å². The van der Waals surface area contributed by atoms with Gasteiger partial charge in [0.05, 0.1) is 6.54 Å². The van der Waals surface area contributed by atoms with Crippen molar-refractivity contribution >= 4 is 23.2 Å². The molecule has 0 saturated carbocycles. The van der Waals surface area contributed by atoms with Crippen LogP contribution in [0.15, 0.2) is 58.9 Å². The zero-order valence-electron chi connectivity index (χ0n) is 29.7. The Morgan fingerprint density at radius 1 is 1.10 bits per heavy atom. The molecule has 4 aliphatic heterocycles. The third-order valence-electron chi connectivity index (χ3n) is 11.0. The average Bonchev–Trinajstić information content (AvgIpc) is 3.35. The van der Waals surface area contributed by atoms with Crippen LogP contribution in [0.25, 0.3) is 11.1 Å². The van der Waals surface area contributed by atoms with Crippen LogP contribution in [-0.4, -0.2) is 88.5 Å². The Morgan fingerprint density at radius 3 is 2.48 bits per heavy atom. The van der Waals surface area contributed by atoms with E-state index in [2.05, 4.69) is 58.7 Å². The molecule has 0 atom stereocenters. The summed E-state index contributed by atoms with van der Waals surface area (Å²) in [5.74, 6) is 1.75. The van der Waals surface area contributed by atoms with Crippen LogP contribution < -0.4 is 20.4 Å². The number of anilines is 2. The number of allylic oxidation sites excluding steroid dienone is 3. The van der Waals surface area contributed by atoms with Gasteiger partial charge in [-0.3, -0.25) is 9.69 Å². The van der Waals surface area contributed by atoms with Gasteiger partial charge in [-0.25, -0.2) is 4.79 Å². The largest absolute Gasteiger partial charge is 0.401 e. The van der Waals surface area contributed by atoms with Gasteiger partial charge >= 0.3 is 6.18 Å². The minimum absolute atomic E-state index is 0.175. The third kappa shape index (κ3) is 7.22. The summed E-state index contributed by atoms with van der Waals surface area (Å²) in [4.78, 5) is 31.9. The highest BCUT2D eigenvalue weighted by Crippen LogP contribution is 2.48. The van der Waals surface area contributed by atoms with E-state index in [1.54, 1.807) is 0 Å². The topological polar surface area (TPSA) is 77.2 Å². The number of amides is 1. The molecule has 50 heavy (non-hydrogen) atoms.